The van der Waals surface area contributed by atoms with Crippen molar-refractivity contribution in [2.24, 2.45) is 16.3 Å². The van der Waals surface area contributed by atoms with E-state index in [9.17, 15) is 4.79 Å². The van der Waals surface area contributed by atoms with Gasteiger partial charge in [0.1, 0.15) is 22.2 Å². The highest BCUT2D eigenvalue weighted by Crippen LogP contribution is 2.45. The molecule has 1 amide bonds. The lowest BCUT2D eigenvalue weighted by molar-refractivity contribution is 0.102. The van der Waals surface area contributed by atoms with Crippen molar-refractivity contribution >= 4 is 34.1 Å². The van der Waals surface area contributed by atoms with Crippen LogP contribution in [-0.4, -0.2) is 33.5 Å². The second-order valence-corrected chi connectivity index (χ2v) is 11.1. The fourth-order valence-corrected chi connectivity index (χ4v) is 5.85. The predicted octanol–water partition coefficient (Wildman–Crippen LogP) is 6.93. The van der Waals surface area contributed by atoms with Gasteiger partial charge in [0, 0.05) is 17.2 Å². The molecule has 6 nitrogen and oxygen atoms in total. The van der Waals surface area contributed by atoms with E-state index in [0.29, 0.717) is 28.7 Å². The number of nitrogens with zero attached hydrogens (tertiary/aromatic N) is 1. The first-order valence-electron chi connectivity index (χ1n) is 12.1. The molecule has 0 saturated heterocycles. The Bertz CT molecular complexity index is 1270. The van der Waals surface area contributed by atoms with Gasteiger partial charge in [0.15, 0.2) is 0 Å². The SMILES string of the molecule is COc1cccc(/C=N/c2sc3c(c2C(=O)Nc2ccc(OC)cc2OC)CCC(C(C)(C)C)C3)c1. The van der Waals surface area contributed by atoms with Crippen molar-refractivity contribution in [2.75, 3.05) is 26.6 Å². The number of fused-ring (bicyclic) bond motifs is 1. The van der Waals surface area contributed by atoms with Crippen molar-refractivity contribution in [3.8, 4) is 17.2 Å². The maximum absolute atomic E-state index is 13.7. The Morgan fingerprint density at radius 2 is 1.81 bits per heavy atom. The van der Waals surface area contributed by atoms with E-state index >= 15 is 0 Å². The number of anilines is 1. The monoisotopic (exact) mass is 506 g/mol. The van der Waals surface area contributed by atoms with Crippen LogP contribution in [0.1, 0.15) is 53.6 Å². The molecular formula is C29H34N2O4S. The van der Waals surface area contributed by atoms with E-state index in [2.05, 4.69) is 26.1 Å². The summed E-state index contributed by atoms with van der Waals surface area (Å²) in [5, 5.41) is 3.78. The minimum Gasteiger partial charge on any atom is -0.497 e. The van der Waals surface area contributed by atoms with Gasteiger partial charge >= 0.3 is 0 Å². The fraction of sp³-hybridized carbons (Fsp3) is 0.379. The van der Waals surface area contributed by atoms with Gasteiger partial charge in [0.05, 0.1) is 32.6 Å². The van der Waals surface area contributed by atoms with Crippen molar-refractivity contribution < 1.29 is 19.0 Å². The van der Waals surface area contributed by atoms with Crippen LogP contribution in [-0.2, 0) is 12.8 Å². The van der Waals surface area contributed by atoms with Crippen LogP contribution in [0, 0.1) is 11.3 Å². The summed E-state index contributed by atoms with van der Waals surface area (Å²) in [6, 6.07) is 13.1. The first kappa shape index (κ1) is 25.8. The molecule has 1 aliphatic carbocycles. The molecular weight excluding hydrogens is 472 g/mol. The maximum Gasteiger partial charge on any atom is 0.259 e. The number of rotatable bonds is 7. The van der Waals surface area contributed by atoms with E-state index in [4.69, 9.17) is 19.2 Å². The molecule has 2 aromatic carbocycles. The quantitative estimate of drug-likeness (QED) is 0.353. The van der Waals surface area contributed by atoms with Crippen molar-refractivity contribution in [2.45, 2.75) is 40.0 Å². The van der Waals surface area contributed by atoms with Gasteiger partial charge in [-0.1, -0.05) is 32.9 Å². The van der Waals surface area contributed by atoms with Gasteiger partial charge in [-0.05, 0) is 66.0 Å². The first-order chi connectivity index (χ1) is 17.2. The summed E-state index contributed by atoms with van der Waals surface area (Å²) >= 11 is 1.62. The van der Waals surface area contributed by atoms with Gasteiger partial charge in [-0.25, -0.2) is 4.99 Å². The molecule has 4 rings (SSSR count). The number of carbonyl (C=O) groups is 1. The molecule has 36 heavy (non-hydrogen) atoms. The lowest BCUT2D eigenvalue weighted by Gasteiger charge is -2.33. The molecule has 0 spiro atoms. The highest BCUT2D eigenvalue weighted by Gasteiger charge is 2.33. The molecule has 7 heteroatoms. The van der Waals surface area contributed by atoms with E-state index in [-0.39, 0.29) is 11.3 Å². The molecule has 1 N–H and O–H groups in total. The number of ether oxygens (including phenoxy) is 3. The topological polar surface area (TPSA) is 69.2 Å². The molecule has 1 unspecified atom stereocenters. The number of carbonyl (C=O) groups excluding carboxylic acids is 1. The van der Waals surface area contributed by atoms with Crippen LogP contribution in [0.5, 0.6) is 17.2 Å². The Morgan fingerprint density at radius 1 is 1.06 bits per heavy atom. The zero-order valence-electron chi connectivity index (χ0n) is 21.8. The second kappa shape index (κ2) is 10.7. The van der Waals surface area contributed by atoms with Crippen molar-refractivity contribution in [1.82, 2.24) is 0 Å². The molecule has 1 heterocycles. The van der Waals surface area contributed by atoms with Crippen LogP contribution in [0.2, 0.25) is 0 Å². The van der Waals surface area contributed by atoms with E-state index in [1.807, 2.05) is 24.3 Å². The van der Waals surface area contributed by atoms with Crippen molar-refractivity contribution in [1.29, 1.82) is 0 Å². The first-order valence-corrected chi connectivity index (χ1v) is 12.9. The zero-order valence-corrected chi connectivity index (χ0v) is 22.6. The largest absolute Gasteiger partial charge is 0.497 e. The average molecular weight is 507 g/mol. The molecule has 1 atom stereocenters. The van der Waals surface area contributed by atoms with E-state index in [1.165, 1.54) is 4.88 Å². The lowest BCUT2D eigenvalue weighted by Crippen LogP contribution is -2.27. The Balaban J connectivity index is 1.71. The molecule has 0 saturated carbocycles. The van der Waals surface area contributed by atoms with Gasteiger partial charge in [-0.15, -0.1) is 11.3 Å². The summed E-state index contributed by atoms with van der Waals surface area (Å²) in [7, 11) is 4.82. The molecule has 190 valence electrons. The molecule has 1 aliphatic rings. The average Bonchev–Trinajstić information content (AvgIpc) is 3.25. The number of hydrogen-bond acceptors (Lipinski definition) is 6. The molecule has 0 fully saturated rings. The number of aliphatic imine (C=N–C) groups is 1. The lowest BCUT2D eigenvalue weighted by atomic mass is 9.72. The third kappa shape index (κ3) is 5.57. The molecule has 1 aromatic heterocycles. The second-order valence-electron chi connectivity index (χ2n) is 10.0. The normalized spacial score (nSPS) is 15.4. The highest BCUT2D eigenvalue weighted by atomic mass is 32.1. The van der Waals surface area contributed by atoms with Crippen molar-refractivity contribution in [3.63, 3.8) is 0 Å². The Hall–Kier alpha value is -3.32. The summed E-state index contributed by atoms with van der Waals surface area (Å²) in [5.41, 5.74) is 3.48. The smallest absolute Gasteiger partial charge is 0.259 e. The highest BCUT2D eigenvalue weighted by molar-refractivity contribution is 7.16. The van der Waals surface area contributed by atoms with Gasteiger partial charge in [-0.3, -0.25) is 4.79 Å². The van der Waals surface area contributed by atoms with E-state index in [1.54, 1.807) is 57.1 Å². The zero-order chi connectivity index (χ0) is 25.9. The predicted molar refractivity (Wildman–Crippen MR) is 147 cm³/mol. The van der Waals surface area contributed by atoms with Gasteiger partial charge in [0.25, 0.3) is 5.91 Å². The fourth-order valence-electron chi connectivity index (χ4n) is 4.58. The van der Waals surface area contributed by atoms with E-state index in [0.717, 1.165) is 41.1 Å². The summed E-state index contributed by atoms with van der Waals surface area (Å²) in [6.45, 7) is 6.88. The van der Waals surface area contributed by atoms with Gasteiger partial charge in [0.2, 0.25) is 0 Å². The van der Waals surface area contributed by atoms with E-state index < -0.39 is 0 Å². The maximum atomic E-state index is 13.7. The summed E-state index contributed by atoms with van der Waals surface area (Å²) in [4.78, 5) is 19.8. The number of methoxy groups -OCH3 is 3. The Labute approximate surface area is 217 Å². The Kier molecular flexibility index (Phi) is 7.69. The van der Waals surface area contributed by atoms with Crippen LogP contribution in [0.25, 0.3) is 0 Å². The molecule has 0 radical (unpaired) electrons. The summed E-state index contributed by atoms with van der Waals surface area (Å²) in [5.74, 6) is 2.36. The molecule has 0 aliphatic heterocycles. The minimum atomic E-state index is -0.178. The van der Waals surface area contributed by atoms with Crippen LogP contribution >= 0.6 is 11.3 Å². The molecule has 0 bridgehead atoms. The van der Waals surface area contributed by atoms with Crippen LogP contribution in [0.15, 0.2) is 47.5 Å². The molecule has 3 aromatic rings. The van der Waals surface area contributed by atoms with Gasteiger partial charge < -0.3 is 19.5 Å². The summed E-state index contributed by atoms with van der Waals surface area (Å²) < 4.78 is 16.1. The van der Waals surface area contributed by atoms with Gasteiger partial charge in [-0.2, -0.15) is 0 Å². The van der Waals surface area contributed by atoms with Crippen LogP contribution < -0.4 is 19.5 Å². The number of benzene rings is 2. The minimum absolute atomic E-state index is 0.178. The summed E-state index contributed by atoms with van der Waals surface area (Å²) in [6.07, 6.45) is 4.68. The number of amides is 1. The number of hydrogen-bond donors (Lipinski definition) is 1. The van der Waals surface area contributed by atoms with Crippen molar-refractivity contribution in [3.05, 3.63) is 64.0 Å². The number of nitrogens with one attached hydrogen (secondary N) is 1. The van der Waals surface area contributed by atoms with Crippen LogP contribution in [0.4, 0.5) is 10.7 Å². The number of thiophene rings is 1. The standard InChI is InChI=1S/C29H34N2O4S/c1-29(2,3)19-10-12-22-25(15-19)36-28(30-17-18-8-7-9-20(14-18)33-4)26(22)27(32)31-23-13-11-21(34-5)16-24(23)35-6/h7-9,11,13-14,16-17,19H,10,12,15H2,1-6H3,(H,31,32)/b30-17+. The third-order valence-electron chi connectivity index (χ3n) is 6.78. The van der Waals surface area contributed by atoms with Crippen LogP contribution in [0.3, 0.4) is 0 Å². The third-order valence-corrected chi connectivity index (χ3v) is 7.94. The Morgan fingerprint density at radius 3 is 2.50 bits per heavy atom.